The normalized spacial score (nSPS) is 30.2. The third-order valence-corrected chi connectivity index (χ3v) is 10.9. The van der Waals surface area contributed by atoms with E-state index in [1.54, 1.807) is 0 Å². The first kappa shape index (κ1) is 27.7. The first-order chi connectivity index (χ1) is 18.3. The quantitative estimate of drug-likeness (QED) is 0.407. The minimum absolute atomic E-state index is 0.258. The van der Waals surface area contributed by atoms with Gasteiger partial charge in [-0.3, -0.25) is 9.10 Å². The fourth-order valence-corrected chi connectivity index (χ4v) is 9.14. The van der Waals surface area contributed by atoms with Crippen LogP contribution in [0, 0.1) is 17.8 Å². The summed E-state index contributed by atoms with van der Waals surface area (Å²) in [6, 6.07) is 8.06. The number of nitrogens with zero attached hydrogens (tertiary/aromatic N) is 2. The van der Waals surface area contributed by atoms with Crippen LogP contribution in [0.2, 0.25) is 0 Å². The number of hydrogen-bond acceptors (Lipinski definition) is 4. The van der Waals surface area contributed by atoms with Crippen molar-refractivity contribution in [2.24, 2.45) is 22.9 Å². The van der Waals surface area contributed by atoms with Gasteiger partial charge in [0.1, 0.15) is 6.54 Å². The number of anilines is 1. The molecule has 0 aromatic heterocycles. The molecule has 0 spiro atoms. The summed E-state index contributed by atoms with van der Waals surface area (Å²) in [5.41, 5.74) is 5.89. The highest BCUT2D eigenvalue weighted by Crippen LogP contribution is 2.60. The van der Waals surface area contributed by atoms with E-state index in [1.807, 2.05) is 12.1 Å². The van der Waals surface area contributed by atoms with Crippen LogP contribution in [0.5, 0.6) is 0 Å². The lowest BCUT2D eigenvalue weighted by molar-refractivity contribution is -0.119. The highest BCUT2D eigenvalue weighted by Gasteiger charge is 2.51. The van der Waals surface area contributed by atoms with Crippen LogP contribution in [-0.2, 0) is 20.2 Å². The molecule has 4 bridgehead atoms. The molecule has 0 unspecified atom stereocenters. The number of carbonyl (C=O) groups is 1. The van der Waals surface area contributed by atoms with E-state index in [0.717, 1.165) is 49.1 Å². The molecule has 1 aromatic carbocycles. The molecule has 5 fully saturated rings. The van der Waals surface area contributed by atoms with Gasteiger partial charge in [0.15, 0.2) is 0 Å². The molecule has 6 nitrogen and oxygen atoms in total. The van der Waals surface area contributed by atoms with Crippen molar-refractivity contribution in [2.45, 2.75) is 115 Å². The van der Waals surface area contributed by atoms with Gasteiger partial charge in [-0.25, -0.2) is 13.8 Å². The molecule has 7 heteroatoms. The van der Waals surface area contributed by atoms with E-state index >= 15 is 0 Å². The zero-order valence-electron chi connectivity index (χ0n) is 23.3. The Kier molecular flexibility index (Phi) is 8.81. The van der Waals surface area contributed by atoms with Crippen LogP contribution in [-0.4, -0.2) is 32.8 Å². The Balaban J connectivity index is 1.23. The number of rotatable bonds is 6. The Morgan fingerprint density at radius 1 is 0.842 bits per heavy atom. The lowest BCUT2D eigenvalue weighted by Crippen LogP contribution is -2.48. The number of nitrogens with one attached hydrogen (secondary N) is 1. The van der Waals surface area contributed by atoms with Gasteiger partial charge in [0, 0.05) is 5.71 Å². The molecule has 1 aromatic rings. The van der Waals surface area contributed by atoms with Gasteiger partial charge < -0.3 is 0 Å². The van der Waals surface area contributed by atoms with Gasteiger partial charge in [-0.05, 0) is 105 Å². The number of carbonyl (C=O) groups excluding carboxylic acids is 1. The van der Waals surface area contributed by atoms with Gasteiger partial charge in [-0.1, -0.05) is 57.1 Å². The summed E-state index contributed by atoms with van der Waals surface area (Å²) in [5, 5.41) is 4.46. The smallest absolute Gasteiger partial charge is 0.260 e. The predicted octanol–water partition coefficient (Wildman–Crippen LogP) is 6.70. The second-order valence-corrected chi connectivity index (χ2v) is 14.8. The minimum Gasteiger partial charge on any atom is -0.271 e. The third-order valence-electron chi connectivity index (χ3n) is 9.76. The van der Waals surface area contributed by atoms with E-state index in [1.165, 1.54) is 99.6 Å². The first-order valence-electron chi connectivity index (χ1n) is 15.2. The molecule has 0 heterocycles. The molecule has 0 saturated heterocycles. The number of sulfonamides is 1. The van der Waals surface area contributed by atoms with E-state index in [2.05, 4.69) is 22.7 Å². The summed E-state index contributed by atoms with van der Waals surface area (Å²) in [5.74, 6) is 2.19. The largest absolute Gasteiger partial charge is 0.271 e. The van der Waals surface area contributed by atoms with E-state index in [0.29, 0.717) is 5.69 Å². The lowest BCUT2D eigenvalue weighted by atomic mass is 9.48. The Labute approximate surface area is 230 Å². The summed E-state index contributed by atoms with van der Waals surface area (Å²) in [6.07, 6.45) is 22.1. The Bertz CT molecular complexity index is 1050. The topological polar surface area (TPSA) is 78.8 Å². The molecule has 210 valence electrons. The van der Waals surface area contributed by atoms with Crippen molar-refractivity contribution in [1.82, 2.24) is 5.43 Å². The second-order valence-electron chi connectivity index (χ2n) is 12.9. The van der Waals surface area contributed by atoms with Crippen molar-refractivity contribution in [3.8, 4) is 0 Å². The molecule has 5 saturated carbocycles. The van der Waals surface area contributed by atoms with Gasteiger partial charge in [0.25, 0.3) is 5.91 Å². The van der Waals surface area contributed by atoms with Crippen LogP contribution in [0.25, 0.3) is 0 Å². The molecule has 0 radical (unpaired) electrons. The van der Waals surface area contributed by atoms with Crippen molar-refractivity contribution in [3.63, 3.8) is 0 Å². The molecule has 6 rings (SSSR count). The fraction of sp³-hybridized carbons (Fsp3) is 0.742. The second kappa shape index (κ2) is 12.1. The number of hydrogen-bond donors (Lipinski definition) is 1. The fourth-order valence-electron chi connectivity index (χ4n) is 8.29. The van der Waals surface area contributed by atoms with Crippen LogP contribution in [0.4, 0.5) is 5.69 Å². The maximum Gasteiger partial charge on any atom is 0.260 e. The van der Waals surface area contributed by atoms with Crippen molar-refractivity contribution in [3.05, 3.63) is 29.8 Å². The van der Waals surface area contributed by atoms with E-state index in [-0.39, 0.29) is 17.9 Å². The van der Waals surface area contributed by atoms with Crippen LogP contribution < -0.4 is 9.73 Å². The summed E-state index contributed by atoms with van der Waals surface area (Å²) in [7, 11) is -3.62. The van der Waals surface area contributed by atoms with Crippen LogP contribution in [0.1, 0.15) is 115 Å². The van der Waals surface area contributed by atoms with Gasteiger partial charge >= 0.3 is 0 Å². The molecule has 1 N–H and O–H groups in total. The predicted molar refractivity (Wildman–Crippen MR) is 155 cm³/mol. The Morgan fingerprint density at radius 3 is 1.79 bits per heavy atom. The third kappa shape index (κ3) is 6.81. The van der Waals surface area contributed by atoms with Crippen molar-refractivity contribution >= 4 is 27.3 Å². The van der Waals surface area contributed by atoms with E-state index < -0.39 is 10.0 Å². The molecule has 38 heavy (non-hydrogen) atoms. The maximum absolute atomic E-state index is 12.9. The van der Waals surface area contributed by atoms with Crippen molar-refractivity contribution in [2.75, 3.05) is 17.1 Å². The molecule has 5 aliphatic rings. The van der Waals surface area contributed by atoms with Crippen molar-refractivity contribution < 1.29 is 13.2 Å². The zero-order valence-corrected chi connectivity index (χ0v) is 24.1. The Hall–Kier alpha value is -1.89. The lowest BCUT2D eigenvalue weighted by Gasteiger charge is -2.57. The van der Waals surface area contributed by atoms with Gasteiger partial charge in [-0.15, -0.1) is 0 Å². The summed E-state index contributed by atoms with van der Waals surface area (Å²) < 4.78 is 26.6. The SMILES string of the molecule is CS(=O)(=O)N(CC(=O)NN=C1CCCCCCCCCCC1)c1ccc(C23CC4CC(CC(C4)C2)C3)cc1. The van der Waals surface area contributed by atoms with Gasteiger partial charge in [0.2, 0.25) is 10.0 Å². The van der Waals surface area contributed by atoms with Crippen LogP contribution >= 0.6 is 0 Å². The van der Waals surface area contributed by atoms with Crippen molar-refractivity contribution in [1.29, 1.82) is 0 Å². The summed E-state index contributed by atoms with van der Waals surface area (Å²) in [6.45, 7) is -0.258. The maximum atomic E-state index is 12.9. The molecular formula is C31H47N3O3S. The molecule has 0 atom stereocenters. The highest BCUT2D eigenvalue weighted by molar-refractivity contribution is 7.92. The zero-order chi connectivity index (χ0) is 26.6. The monoisotopic (exact) mass is 541 g/mol. The van der Waals surface area contributed by atoms with Gasteiger partial charge in [-0.2, -0.15) is 5.10 Å². The first-order valence-corrected chi connectivity index (χ1v) is 17.1. The van der Waals surface area contributed by atoms with Crippen LogP contribution in [0.3, 0.4) is 0 Å². The number of amides is 1. The standard InChI is InChI=1S/C31H47N3O3S/c1-38(36,37)34(23-30(35)33-32-28-11-9-7-5-3-2-4-6-8-10-12-28)29-15-13-27(14-16-29)31-20-24-17-25(21-31)19-26(18-24)22-31/h13-16,24-26H,2-12,17-23H2,1H3,(H,33,35). The summed E-state index contributed by atoms with van der Waals surface area (Å²) in [4.78, 5) is 12.9. The average Bonchev–Trinajstić information content (AvgIpc) is 2.86. The molecule has 1 amide bonds. The molecular weight excluding hydrogens is 494 g/mol. The Morgan fingerprint density at radius 2 is 1.32 bits per heavy atom. The highest BCUT2D eigenvalue weighted by atomic mass is 32.2. The molecule has 0 aliphatic heterocycles. The van der Waals surface area contributed by atoms with E-state index in [9.17, 15) is 13.2 Å². The summed E-state index contributed by atoms with van der Waals surface area (Å²) >= 11 is 0. The van der Waals surface area contributed by atoms with Crippen LogP contribution in [0.15, 0.2) is 29.4 Å². The molecule has 5 aliphatic carbocycles. The minimum atomic E-state index is -3.62. The van der Waals surface area contributed by atoms with Gasteiger partial charge in [0.05, 0.1) is 11.9 Å². The number of hydrazone groups is 1. The van der Waals surface area contributed by atoms with E-state index in [4.69, 9.17) is 0 Å². The average molecular weight is 542 g/mol. The number of benzene rings is 1.